The van der Waals surface area contributed by atoms with Gasteiger partial charge < -0.3 is 19.1 Å². The number of sulfonamides is 1. The molecule has 1 saturated heterocycles. The molecule has 1 amide bonds. The van der Waals surface area contributed by atoms with E-state index in [0.29, 0.717) is 70.3 Å². The van der Waals surface area contributed by atoms with Crippen molar-refractivity contribution in [3.63, 3.8) is 0 Å². The zero-order valence-electron chi connectivity index (χ0n) is 19.7. The van der Waals surface area contributed by atoms with Gasteiger partial charge in [0, 0.05) is 32.1 Å². The predicted molar refractivity (Wildman–Crippen MR) is 128 cm³/mol. The third-order valence-electron chi connectivity index (χ3n) is 6.25. The highest BCUT2D eigenvalue weighted by Crippen LogP contribution is 2.32. The minimum absolute atomic E-state index is 0.0653. The van der Waals surface area contributed by atoms with E-state index in [-0.39, 0.29) is 16.7 Å². The van der Waals surface area contributed by atoms with Gasteiger partial charge in [-0.2, -0.15) is 4.31 Å². The summed E-state index contributed by atoms with van der Waals surface area (Å²) < 4.78 is 44.2. The van der Waals surface area contributed by atoms with Crippen LogP contribution in [0, 0.1) is 5.92 Å². The highest BCUT2D eigenvalue weighted by atomic mass is 32.2. The van der Waals surface area contributed by atoms with Gasteiger partial charge in [-0.15, -0.1) is 0 Å². The standard InChI is InChI=1S/C25H32N2O6S/c1-3-26(18-19-5-10-23-24(17-19)33-16-15-32-23)25(28)20-11-13-27(14-12-20)34(29,30)22-8-6-21(7-9-22)31-4-2/h5-10,17,20H,3-4,11-16,18H2,1-2H3. The van der Waals surface area contributed by atoms with Crippen LogP contribution >= 0.6 is 0 Å². The molecule has 0 atom stereocenters. The van der Waals surface area contributed by atoms with Gasteiger partial charge in [0.2, 0.25) is 15.9 Å². The van der Waals surface area contributed by atoms with Crippen molar-refractivity contribution in [3.05, 3.63) is 48.0 Å². The van der Waals surface area contributed by atoms with E-state index in [1.165, 1.54) is 4.31 Å². The molecule has 4 rings (SSSR count). The number of carbonyl (C=O) groups is 1. The Morgan fingerprint density at radius 2 is 1.71 bits per heavy atom. The fraction of sp³-hybridized carbons (Fsp3) is 0.480. The van der Waals surface area contributed by atoms with Gasteiger partial charge in [0.25, 0.3) is 0 Å². The van der Waals surface area contributed by atoms with Crippen LogP contribution in [0.2, 0.25) is 0 Å². The number of rotatable bonds is 8. The first-order valence-electron chi connectivity index (χ1n) is 11.8. The lowest BCUT2D eigenvalue weighted by molar-refractivity contribution is -0.137. The lowest BCUT2D eigenvalue weighted by Crippen LogP contribution is -2.44. The topological polar surface area (TPSA) is 85.4 Å². The minimum atomic E-state index is -3.60. The predicted octanol–water partition coefficient (Wildman–Crippen LogP) is 3.31. The lowest BCUT2D eigenvalue weighted by atomic mass is 9.96. The molecule has 2 aliphatic heterocycles. The number of hydrogen-bond donors (Lipinski definition) is 0. The van der Waals surface area contributed by atoms with E-state index in [0.717, 1.165) is 11.3 Å². The average Bonchev–Trinajstić information content (AvgIpc) is 2.87. The van der Waals surface area contributed by atoms with Crippen LogP contribution in [-0.2, 0) is 21.4 Å². The normalized spacial score (nSPS) is 16.8. The largest absolute Gasteiger partial charge is 0.494 e. The van der Waals surface area contributed by atoms with Crippen LogP contribution in [0.1, 0.15) is 32.3 Å². The Hall–Kier alpha value is -2.78. The molecule has 2 aromatic carbocycles. The Balaban J connectivity index is 1.36. The van der Waals surface area contributed by atoms with Gasteiger partial charge in [0.1, 0.15) is 19.0 Å². The molecule has 0 aliphatic carbocycles. The number of hydrogen-bond acceptors (Lipinski definition) is 6. The molecule has 0 bridgehead atoms. The maximum atomic E-state index is 13.2. The third kappa shape index (κ3) is 5.31. The highest BCUT2D eigenvalue weighted by Gasteiger charge is 2.33. The summed E-state index contributed by atoms with van der Waals surface area (Å²) in [5.41, 5.74) is 0.981. The van der Waals surface area contributed by atoms with Crippen LogP contribution in [-0.4, -0.2) is 63.0 Å². The van der Waals surface area contributed by atoms with E-state index in [1.54, 1.807) is 24.3 Å². The Labute approximate surface area is 201 Å². The number of ether oxygens (including phenoxy) is 3. The van der Waals surface area contributed by atoms with E-state index >= 15 is 0 Å². The second-order valence-corrected chi connectivity index (χ2v) is 10.4. The van der Waals surface area contributed by atoms with E-state index < -0.39 is 10.0 Å². The maximum absolute atomic E-state index is 13.2. The number of amides is 1. The molecule has 9 heteroatoms. The Kier molecular flexibility index (Phi) is 7.63. The fourth-order valence-corrected chi connectivity index (χ4v) is 5.85. The first-order valence-corrected chi connectivity index (χ1v) is 13.3. The summed E-state index contributed by atoms with van der Waals surface area (Å²) >= 11 is 0. The third-order valence-corrected chi connectivity index (χ3v) is 8.16. The Bertz CT molecular complexity index is 1090. The van der Waals surface area contributed by atoms with Gasteiger partial charge in [0.05, 0.1) is 11.5 Å². The summed E-state index contributed by atoms with van der Waals surface area (Å²) in [4.78, 5) is 15.3. The maximum Gasteiger partial charge on any atom is 0.243 e. The Morgan fingerprint density at radius 1 is 1.03 bits per heavy atom. The molecular formula is C25H32N2O6S. The second-order valence-electron chi connectivity index (χ2n) is 8.41. The average molecular weight is 489 g/mol. The van der Waals surface area contributed by atoms with Crippen molar-refractivity contribution in [2.75, 3.05) is 39.5 Å². The fourth-order valence-electron chi connectivity index (χ4n) is 4.38. The van der Waals surface area contributed by atoms with Gasteiger partial charge in [-0.3, -0.25) is 4.79 Å². The molecule has 0 saturated carbocycles. The van der Waals surface area contributed by atoms with Gasteiger partial charge in [-0.25, -0.2) is 8.42 Å². The summed E-state index contributed by atoms with van der Waals surface area (Å²) in [5.74, 6) is 1.95. The molecule has 0 radical (unpaired) electrons. The molecule has 0 aromatic heterocycles. The summed E-state index contributed by atoms with van der Waals surface area (Å²) in [5, 5.41) is 0. The lowest BCUT2D eigenvalue weighted by Gasteiger charge is -2.33. The number of piperidine rings is 1. The van der Waals surface area contributed by atoms with E-state index in [9.17, 15) is 13.2 Å². The number of benzene rings is 2. The van der Waals surface area contributed by atoms with Crippen LogP contribution in [0.5, 0.6) is 17.2 Å². The van der Waals surface area contributed by atoms with Crippen molar-refractivity contribution >= 4 is 15.9 Å². The van der Waals surface area contributed by atoms with Crippen molar-refractivity contribution < 1.29 is 27.4 Å². The van der Waals surface area contributed by atoms with Gasteiger partial charge in [0.15, 0.2) is 11.5 Å². The first kappa shape index (κ1) is 24.3. The molecular weight excluding hydrogens is 456 g/mol. The van der Waals surface area contributed by atoms with Crippen molar-refractivity contribution in [2.24, 2.45) is 5.92 Å². The number of carbonyl (C=O) groups excluding carboxylic acids is 1. The summed E-state index contributed by atoms with van der Waals surface area (Å²) in [6, 6.07) is 12.2. The van der Waals surface area contributed by atoms with Crippen LogP contribution in [0.4, 0.5) is 0 Å². The van der Waals surface area contributed by atoms with E-state index in [1.807, 2.05) is 36.9 Å². The summed E-state index contributed by atoms with van der Waals surface area (Å²) in [6.45, 7) is 7.14. The molecule has 0 N–H and O–H groups in total. The van der Waals surface area contributed by atoms with Gasteiger partial charge in [-0.1, -0.05) is 6.07 Å². The van der Waals surface area contributed by atoms with Crippen molar-refractivity contribution in [1.82, 2.24) is 9.21 Å². The summed E-state index contributed by atoms with van der Waals surface area (Å²) in [7, 11) is -3.60. The van der Waals surface area contributed by atoms with Crippen LogP contribution in [0.25, 0.3) is 0 Å². The monoisotopic (exact) mass is 488 g/mol. The SMILES string of the molecule is CCOc1ccc(S(=O)(=O)N2CCC(C(=O)N(CC)Cc3ccc4c(c3)OCCO4)CC2)cc1. The van der Waals surface area contributed by atoms with Crippen molar-refractivity contribution in [2.45, 2.75) is 38.1 Å². The molecule has 8 nitrogen and oxygen atoms in total. The highest BCUT2D eigenvalue weighted by molar-refractivity contribution is 7.89. The zero-order valence-corrected chi connectivity index (χ0v) is 20.6. The Morgan fingerprint density at radius 3 is 2.35 bits per heavy atom. The first-order chi connectivity index (χ1) is 16.4. The van der Waals surface area contributed by atoms with Crippen LogP contribution in [0.15, 0.2) is 47.4 Å². The molecule has 34 heavy (non-hydrogen) atoms. The molecule has 1 fully saturated rings. The molecule has 2 aromatic rings. The second kappa shape index (κ2) is 10.7. The van der Waals surface area contributed by atoms with Crippen molar-refractivity contribution in [3.8, 4) is 17.2 Å². The van der Waals surface area contributed by atoms with E-state index in [2.05, 4.69) is 0 Å². The van der Waals surface area contributed by atoms with Crippen LogP contribution in [0.3, 0.4) is 0 Å². The van der Waals surface area contributed by atoms with Gasteiger partial charge in [-0.05, 0) is 68.7 Å². The molecule has 2 aliphatic rings. The molecule has 0 unspecified atom stereocenters. The zero-order chi connectivity index (χ0) is 24.1. The van der Waals surface area contributed by atoms with Crippen LogP contribution < -0.4 is 14.2 Å². The number of fused-ring (bicyclic) bond motifs is 1. The van der Waals surface area contributed by atoms with E-state index in [4.69, 9.17) is 14.2 Å². The number of nitrogens with zero attached hydrogens (tertiary/aromatic N) is 2. The molecule has 184 valence electrons. The van der Waals surface area contributed by atoms with Gasteiger partial charge >= 0.3 is 0 Å². The summed E-state index contributed by atoms with van der Waals surface area (Å²) in [6.07, 6.45) is 1.01. The smallest absolute Gasteiger partial charge is 0.243 e. The molecule has 2 heterocycles. The quantitative estimate of drug-likeness (QED) is 0.567. The minimum Gasteiger partial charge on any atom is -0.494 e. The molecule has 0 spiro atoms. The van der Waals surface area contributed by atoms with Crippen molar-refractivity contribution in [1.29, 1.82) is 0 Å².